The smallest absolute Gasteiger partial charge is 0.307 e. The SMILES string of the molecule is CC1(C)C[C@@]2(CCO1)OC(=O)C[C@H]2C(N)=S. The number of ether oxygens (including phenoxy) is 2. The van der Waals surface area contributed by atoms with E-state index >= 15 is 0 Å². The van der Waals surface area contributed by atoms with Gasteiger partial charge in [0, 0.05) is 12.8 Å². The first-order valence-electron chi connectivity index (χ1n) is 5.50. The summed E-state index contributed by atoms with van der Waals surface area (Å²) >= 11 is 5.04. The number of thiocarbonyl (C=S) groups is 1. The van der Waals surface area contributed by atoms with Crippen molar-refractivity contribution in [1.29, 1.82) is 0 Å². The second kappa shape index (κ2) is 3.67. The minimum absolute atomic E-state index is 0.141. The van der Waals surface area contributed by atoms with Crippen LogP contribution in [0.15, 0.2) is 0 Å². The molecule has 1 spiro atoms. The zero-order chi connectivity index (χ0) is 12.0. The van der Waals surface area contributed by atoms with Crippen molar-refractivity contribution in [2.24, 2.45) is 11.7 Å². The fourth-order valence-electron chi connectivity index (χ4n) is 2.80. The van der Waals surface area contributed by atoms with Crippen molar-refractivity contribution in [2.45, 2.75) is 44.3 Å². The highest BCUT2D eigenvalue weighted by atomic mass is 32.1. The van der Waals surface area contributed by atoms with Gasteiger partial charge in [0.25, 0.3) is 0 Å². The van der Waals surface area contributed by atoms with Crippen molar-refractivity contribution in [3.05, 3.63) is 0 Å². The highest BCUT2D eigenvalue weighted by molar-refractivity contribution is 7.80. The van der Waals surface area contributed by atoms with Crippen LogP contribution < -0.4 is 5.73 Å². The summed E-state index contributed by atoms with van der Waals surface area (Å²) in [6.45, 7) is 4.58. The summed E-state index contributed by atoms with van der Waals surface area (Å²) in [4.78, 5) is 11.8. The second-order valence-electron chi connectivity index (χ2n) is 5.23. The molecule has 2 rings (SSSR count). The van der Waals surface area contributed by atoms with Gasteiger partial charge in [-0.1, -0.05) is 12.2 Å². The maximum atomic E-state index is 11.5. The number of hydrogen-bond acceptors (Lipinski definition) is 4. The minimum atomic E-state index is -0.523. The van der Waals surface area contributed by atoms with Crippen LogP contribution in [0.1, 0.15) is 33.1 Å². The quantitative estimate of drug-likeness (QED) is 0.553. The van der Waals surface area contributed by atoms with Crippen molar-refractivity contribution in [1.82, 2.24) is 0 Å². The third kappa shape index (κ3) is 1.94. The molecule has 16 heavy (non-hydrogen) atoms. The molecule has 2 saturated heterocycles. The summed E-state index contributed by atoms with van der Waals surface area (Å²) < 4.78 is 11.2. The number of esters is 1. The maximum Gasteiger partial charge on any atom is 0.307 e. The van der Waals surface area contributed by atoms with E-state index < -0.39 is 5.60 Å². The van der Waals surface area contributed by atoms with Crippen LogP contribution in [-0.2, 0) is 14.3 Å². The molecule has 2 aliphatic rings. The lowest BCUT2D eigenvalue weighted by molar-refractivity contribution is -0.174. The number of rotatable bonds is 1. The average molecular weight is 243 g/mol. The summed E-state index contributed by atoms with van der Waals surface area (Å²) in [5.74, 6) is -0.339. The van der Waals surface area contributed by atoms with E-state index in [0.717, 1.165) is 0 Å². The van der Waals surface area contributed by atoms with Gasteiger partial charge in [0.15, 0.2) is 0 Å². The molecule has 0 bridgehead atoms. The molecule has 2 aliphatic heterocycles. The van der Waals surface area contributed by atoms with Gasteiger partial charge in [0.05, 0.1) is 29.5 Å². The standard InChI is InChI=1S/C11H17NO3S/c1-10(2)6-11(3-4-14-10)7(9(12)16)5-8(13)15-11/h7H,3-6H2,1-2H3,(H2,12,16)/t7-,11+/m0/s1. The van der Waals surface area contributed by atoms with Gasteiger partial charge in [-0.25, -0.2) is 0 Å². The van der Waals surface area contributed by atoms with E-state index in [-0.39, 0.29) is 17.5 Å². The lowest BCUT2D eigenvalue weighted by Gasteiger charge is -2.43. The number of hydrogen-bond donors (Lipinski definition) is 1. The Hall–Kier alpha value is -0.680. The third-order valence-electron chi connectivity index (χ3n) is 3.41. The molecule has 2 N–H and O–H groups in total. The zero-order valence-electron chi connectivity index (χ0n) is 9.62. The Labute approximate surface area is 100 Å². The number of nitrogens with two attached hydrogens (primary N) is 1. The van der Waals surface area contributed by atoms with Gasteiger partial charge in [-0.15, -0.1) is 0 Å². The highest BCUT2D eigenvalue weighted by Gasteiger charge is 2.54. The largest absolute Gasteiger partial charge is 0.458 e. The van der Waals surface area contributed by atoms with Crippen molar-refractivity contribution < 1.29 is 14.3 Å². The Bertz CT molecular complexity index is 342. The molecule has 0 unspecified atom stereocenters. The summed E-state index contributed by atoms with van der Waals surface area (Å²) in [5, 5.41) is 0. The van der Waals surface area contributed by atoms with Crippen LogP contribution in [-0.4, -0.2) is 28.8 Å². The molecule has 2 atom stereocenters. The van der Waals surface area contributed by atoms with E-state index in [1.54, 1.807) is 0 Å². The van der Waals surface area contributed by atoms with Gasteiger partial charge in [0.1, 0.15) is 5.60 Å². The Morgan fingerprint density at radius 3 is 2.81 bits per heavy atom. The molecule has 2 fully saturated rings. The van der Waals surface area contributed by atoms with E-state index in [4.69, 9.17) is 27.4 Å². The fraction of sp³-hybridized carbons (Fsp3) is 0.818. The van der Waals surface area contributed by atoms with E-state index in [0.29, 0.717) is 30.9 Å². The van der Waals surface area contributed by atoms with Gasteiger partial charge in [-0.2, -0.15) is 0 Å². The summed E-state index contributed by atoms with van der Waals surface area (Å²) in [7, 11) is 0. The summed E-state index contributed by atoms with van der Waals surface area (Å²) in [6.07, 6.45) is 1.66. The van der Waals surface area contributed by atoms with Gasteiger partial charge >= 0.3 is 5.97 Å². The third-order valence-corrected chi connectivity index (χ3v) is 3.69. The fourth-order valence-corrected chi connectivity index (χ4v) is 3.09. The normalized spacial score (nSPS) is 37.4. The lowest BCUT2D eigenvalue weighted by atomic mass is 9.75. The summed E-state index contributed by atoms with van der Waals surface area (Å²) in [6, 6.07) is 0. The molecule has 90 valence electrons. The van der Waals surface area contributed by atoms with Gasteiger partial charge in [0.2, 0.25) is 0 Å². The Morgan fingerprint density at radius 2 is 2.25 bits per heavy atom. The Balaban J connectivity index is 2.28. The van der Waals surface area contributed by atoms with E-state index in [2.05, 4.69) is 0 Å². The van der Waals surface area contributed by atoms with Crippen molar-refractivity contribution in [3.63, 3.8) is 0 Å². The van der Waals surface area contributed by atoms with Gasteiger partial charge in [-0.3, -0.25) is 4.79 Å². The average Bonchev–Trinajstić information content (AvgIpc) is 2.40. The summed E-state index contributed by atoms with van der Waals surface area (Å²) in [5.41, 5.74) is 4.90. The highest BCUT2D eigenvalue weighted by Crippen LogP contribution is 2.45. The van der Waals surface area contributed by atoms with Crippen molar-refractivity contribution >= 4 is 23.2 Å². The molecule has 0 radical (unpaired) electrons. The van der Waals surface area contributed by atoms with Gasteiger partial charge in [-0.05, 0) is 13.8 Å². The number of carbonyl (C=O) groups excluding carboxylic acids is 1. The monoisotopic (exact) mass is 243 g/mol. The first-order chi connectivity index (χ1) is 7.35. The van der Waals surface area contributed by atoms with E-state index in [9.17, 15) is 4.79 Å². The van der Waals surface area contributed by atoms with Crippen LogP contribution in [0.3, 0.4) is 0 Å². The zero-order valence-corrected chi connectivity index (χ0v) is 10.4. The molecule has 2 heterocycles. The van der Waals surface area contributed by atoms with E-state index in [1.807, 2.05) is 13.8 Å². The topological polar surface area (TPSA) is 61.5 Å². The Kier molecular flexibility index (Phi) is 2.70. The van der Waals surface area contributed by atoms with Gasteiger partial charge < -0.3 is 15.2 Å². The molecule has 4 nitrogen and oxygen atoms in total. The van der Waals surface area contributed by atoms with Crippen LogP contribution in [0.25, 0.3) is 0 Å². The molecule has 0 aromatic rings. The first-order valence-corrected chi connectivity index (χ1v) is 5.91. The lowest BCUT2D eigenvalue weighted by Crippen LogP contribution is -2.51. The molecule has 0 aromatic heterocycles. The van der Waals surface area contributed by atoms with Crippen LogP contribution in [0, 0.1) is 5.92 Å². The molecule has 0 aliphatic carbocycles. The maximum absolute atomic E-state index is 11.5. The van der Waals surface area contributed by atoms with Crippen LogP contribution >= 0.6 is 12.2 Å². The van der Waals surface area contributed by atoms with Crippen molar-refractivity contribution in [3.8, 4) is 0 Å². The minimum Gasteiger partial charge on any atom is -0.458 e. The van der Waals surface area contributed by atoms with Crippen molar-refractivity contribution in [2.75, 3.05) is 6.61 Å². The predicted octanol–water partition coefficient (Wildman–Crippen LogP) is 1.16. The van der Waals surface area contributed by atoms with Crippen LogP contribution in [0.2, 0.25) is 0 Å². The second-order valence-corrected chi connectivity index (χ2v) is 5.70. The van der Waals surface area contributed by atoms with Crippen LogP contribution in [0.5, 0.6) is 0 Å². The van der Waals surface area contributed by atoms with Crippen LogP contribution in [0.4, 0.5) is 0 Å². The molecular weight excluding hydrogens is 226 g/mol. The first kappa shape index (κ1) is 11.8. The molecular formula is C11H17NO3S. The molecule has 0 amide bonds. The molecule has 0 saturated carbocycles. The molecule has 5 heteroatoms. The predicted molar refractivity (Wildman–Crippen MR) is 63.0 cm³/mol. The van der Waals surface area contributed by atoms with E-state index in [1.165, 1.54) is 0 Å². The Morgan fingerprint density at radius 1 is 1.56 bits per heavy atom. The molecule has 0 aromatic carbocycles. The number of carbonyl (C=O) groups is 1.